The number of benzene rings is 1. The summed E-state index contributed by atoms with van der Waals surface area (Å²) in [6, 6.07) is 5.27. The summed E-state index contributed by atoms with van der Waals surface area (Å²) in [6.07, 6.45) is 0.962. The molecule has 0 unspecified atom stereocenters. The van der Waals surface area contributed by atoms with Crippen LogP contribution in [0.15, 0.2) is 40.1 Å². The van der Waals surface area contributed by atoms with Crippen LogP contribution in [0.5, 0.6) is 5.75 Å². The smallest absolute Gasteiger partial charge is 0.328 e. The molecule has 0 spiro atoms. The molecule has 0 radical (unpaired) electrons. The predicted molar refractivity (Wildman–Crippen MR) is 84.0 cm³/mol. The minimum Gasteiger partial charge on any atom is -0.506 e. The van der Waals surface area contributed by atoms with E-state index >= 15 is 0 Å². The second-order valence-corrected chi connectivity index (χ2v) is 5.02. The Morgan fingerprint density at radius 3 is 2.62 bits per heavy atom. The van der Waals surface area contributed by atoms with Crippen molar-refractivity contribution in [2.75, 3.05) is 5.32 Å². The average Bonchev–Trinajstić information content (AvgIpc) is 2.49. The Balaban J connectivity index is 2.02. The van der Waals surface area contributed by atoms with E-state index in [1.165, 1.54) is 35.0 Å². The first-order valence-corrected chi connectivity index (χ1v) is 6.98. The summed E-state index contributed by atoms with van der Waals surface area (Å²) in [4.78, 5) is 47.1. The molecular weight excluding hydrogens is 318 g/mol. The molecule has 1 heterocycles. The Morgan fingerprint density at radius 1 is 1.21 bits per heavy atom. The minimum atomic E-state index is -1.03. The van der Waals surface area contributed by atoms with Crippen LogP contribution in [-0.4, -0.2) is 31.6 Å². The van der Waals surface area contributed by atoms with Crippen LogP contribution in [0.1, 0.15) is 12.0 Å². The number of phenolic OH excluding ortho intramolecular Hbond substituents is 1. The highest BCUT2D eigenvalue weighted by Crippen LogP contribution is 2.24. The second-order valence-electron chi connectivity index (χ2n) is 5.02. The zero-order valence-electron chi connectivity index (χ0n) is 12.5. The highest BCUT2D eigenvalue weighted by molar-refractivity contribution is 5.92. The van der Waals surface area contributed by atoms with E-state index in [9.17, 15) is 24.3 Å². The number of carbonyl (C=O) groups excluding carboxylic acids is 1. The lowest BCUT2D eigenvalue weighted by Gasteiger charge is -2.09. The summed E-state index contributed by atoms with van der Waals surface area (Å²) in [6.45, 7) is 0.0387. The number of nitrogens with zero attached hydrogens (tertiary/aromatic N) is 1. The number of aliphatic carboxylic acids is 1. The van der Waals surface area contributed by atoms with Gasteiger partial charge in [-0.3, -0.25) is 19.4 Å². The van der Waals surface area contributed by atoms with Gasteiger partial charge in [-0.25, -0.2) is 4.79 Å². The van der Waals surface area contributed by atoms with Gasteiger partial charge in [-0.1, -0.05) is 6.07 Å². The molecule has 4 N–H and O–H groups in total. The number of phenols is 1. The Labute approximate surface area is 135 Å². The zero-order valence-corrected chi connectivity index (χ0v) is 12.5. The van der Waals surface area contributed by atoms with E-state index in [-0.39, 0.29) is 30.8 Å². The zero-order chi connectivity index (χ0) is 17.7. The van der Waals surface area contributed by atoms with E-state index in [4.69, 9.17) is 5.11 Å². The van der Waals surface area contributed by atoms with Crippen LogP contribution in [0.25, 0.3) is 0 Å². The number of rotatable bonds is 6. The Kier molecular flexibility index (Phi) is 5.15. The van der Waals surface area contributed by atoms with Gasteiger partial charge in [0.2, 0.25) is 5.91 Å². The number of anilines is 1. The van der Waals surface area contributed by atoms with Gasteiger partial charge in [0.05, 0.1) is 12.1 Å². The SMILES string of the molecule is O=C(O)Cc1ccc(O)c(NC(=O)CCn2ccc(=O)[nH]c2=O)c1. The van der Waals surface area contributed by atoms with Gasteiger partial charge < -0.3 is 20.1 Å². The molecule has 0 fully saturated rings. The van der Waals surface area contributed by atoms with Crippen molar-refractivity contribution < 1.29 is 19.8 Å². The summed E-state index contributed by atoms with van der Waals surface area (Å²) in [5.41, 5.74) is -0.637. The fourth-order valence-electron chi connectivity index (χ4n) is 2.02. The number of carbonyl (C=O) groups is 2. The van der Waals surface area contributed by atoms with Crippen LogP contribution < -0.4 is 16.6 Å². The summed E-state index contributed by atoms with van der Waals surface area (Å²) in [5.74, 6) is -1.70. The molecule has 0 aliphatic rings. The molecule has 2 aromatic rings. The first-order chi connectivity index (χ1) is 11.3. The summed E-state index contributed by atoms with van der Waals surface area (Å²) in [5, 5.41) is 20.9. The molecule has 24 heavy (non-hydrogen) atoms. The van der Waals surface area contributed by atoms with E-state index in [2.05, 4.69) is 10.3 Å². The molecular formula is C15H15N3O6. The lowest BCUT2D eigenvalue weighted by Crippen LogP contribution is -2.29. The highest BCUT2D eigenvalue weighted by atomic mass is 16.4. The van der Waals surface area contributed by atoms with Gasteiger partial charge >= 0.3 is 11.7 Å². The van der Waals surface area contributed by atoms with Crippen LogP contribution in [0, 0.1) is 0 Å². The quantitative estimate of drug-likeness (QED) is 0.544. The summed E-state index contributed by atoms with van der Waals surface area (Å²) < 4.78 is 1.17. The van der Waals surface area contributed by atoms with Gasteiger partial charge in [-0.05, 0) is 17.7 Å². The van der Waals surface area contributed by atoms with E-state index < -0.39 is 23.1 Å². The molecule has 0 atom stereocenters. The molecule has 0 aliphatic carbocycles. The number of nitrogens with one attached hydrogen (secondary N) is 2. The third kappa shape index (κ3) is 4.57. The molecule has 0 saturated heterocycles. The number of aromatic nitrogens is 2. The molecule has 0 saturated carbocycles. The first kappa shape index (κ1) is 17.0. The molecule has 126 valence electrons. The maximum Gasteiger partial charge on any atom is 0.328 e. The van der Waals surface area contributed by atoms with Gasteiger partial charge in [0, 0.05) is 25.2 Å². The minimum absolute atomic E-state index is 0.0387. The summed E-state index contributed by atoms with van der Waals surface area (Å²) in [7, 11) is 0. The van der Waals surface area contributed by atoms with Crippen molar-refractivity contribution in [1.82, 2.24) is 9.55 Å². The molecule has 0 bridgehead atoms. The average molecular weight is 333 g/mol. The molecule has 9 heteroatoms. The van der Waals surface area contributed by atoms with Crippen molar-refractivity contribution >= 4 is 17.6 Å². The van der Waals surface area contributed by atoms with Crippen LogP contribution in [0.2, 0.25) is 0 Å². The van der Waals surface area contributed by atoms with Crippen LogP contribution >= 0.6 is 0 Å². The maximum absolute atomic E-state index is 11.9. The number of hydrogen-bond acceptors (Lipinski definition) is 5. The molecule has 2 rings (SSSR count). The van der Waals surface area contributed by atoms with Crippen molar-refractivity contribution in [3.8, 4) is 5.75 Å². The van der Waals surface area contributed by atoms with Gasteiger partial charge in [0.25, 0.3) is 5.56 Å². The molecule has 1 aromatic carbocycles. The van der Waals surface area contributed by atoms with Crippen molar-refractivity contribution in [3.63, 3.8) is 0 Å². The Hall–Kier alpha value is -3.36. The number of aromatic hydroxyl groups is 1. The van der Waals surface area contributed by atoms with Crippen molar-refractivity contribution in [3.05, 3.63) is 56.9 Å². The van der Waals surface area contributed by atoms with Crippen LogP contribution in [0.3, 0.4) is 0 Å². The van der Waals surface area contributed by atoms with Crippen molar-refractivity contribution in [2.45, 2.75) is 19.4 Å². The van der Waals surface area contributed by atoms with Gasteiger partial charge in [0.1, 0.15) is 5.75 Å². The monoisotopic (exact) mass is 333 g/mol. The van der Waals surface area contributed by atoms with Gasteiger partial charge in [-0.2, -0.15) is 0 Å². The number of aromatic amines is 1. The maximum atomic E-state index is 11.9. The number of H-pyrrole nitrogens is 1. The number of hydrogen-bond donors (Lipinski definition) is 4. The summed E-state index contributed by atoms with van der Waals surface area (Å²) >= 11 is 0. The number of aryl methyl sites for hydroxylation is 1. The second kappa shape index (κ2) is 7.27. The molecule has 1 aromatic heterocycles. The fraction of sp³-hybridized carbons (Fsp3) is 0.200. The normalized spacial score (nSPS) is 10.3. The highest BCUT2D eigenvalue weighted by Gasteiger charge is 2.10. The number of amides is 1. The fourth-order valence-corrected chi connectivity index (χ4v) is 2.02. The van der Waals surface area contributed by atoms with E-state index in [0.29, 0.717) is 5.56 Å². The number of carboxylic acids is 1. The largest absolute Gasteiger partial charge is 0.506 e. The lowest BCUT2D eigenvalue weighted by molar-refractivity contribution is -0.136. The van der Waals surface area contributed by atoms with Crippen molar-refractivity contribution in [1.29, 1.82) is 0 Å². The van der Waals surface area contributed by atoms with E-state index in [1.54, 1.807) is 0 Å². The topological polar surface area (TPSA) is 141 Å². The van der Waals surface area contributed by atoms with Crippen molar-refractivity contribution in [2.24, 2.45) is 0 Å². The van der Waals surface area contributed by atoms with Gasteiger partial charge in [0.15, 0.2) is 0 Å². The first-order valence-electron chi connectivity index (χ1n) is 6.98. The van der Waals surface area contributed by atoms with Crippen LogP contribution in [0.4, 0.5) is 5.69 Å². The standard InChI is InChI=1S/C15H15N3O6/c19-11-2-1-9(8-14(22)23)7-10(11)16-12(20)3-5-18-6-4-13(21)17-15(18)24/h1-2,4,6-7,19H,3,5,8H2,(H,16,20)(H,22,23)(H,17,21,24). The van der Waals surface area contributed by atoms with Crippen LogP contribution in [-0.2, 0) is 22.6 Å². The third-order valence-electron chi connectivity index (χ3n) is 3.17. The molecule has 1 amide bonds. The third-order valence-corrected chi connectivity index (χ3v) is 3.17. The number of carboxylic acid groups (broad SMARTS) is 1. The predicted octanol–water partition coefficient (Wildman–Crippen LogP) is -0.102. The lowest BCUT2D eigenvalue weighted by atomic mass is 10.1. The van der Waals surface area contributed by atoms with E-state index in [1.807, 2.05) is 0 Å². The van der Waals surface area contributed by atoms with Gasteiger partial charge in [-0.15, -0.1) is 0 Å². The molecule has 9 nitrogen and oxygen atoms in total. The van der Waals surface area contributed by atoms with E-state index in [0.717, 1.165) is 0 Å². The molecule has 0 aliphatic heterocycles. The Morgan fingerprint density at radius 2 is 1.96 bits per heavy atom. The Bertz CT molecular complexity index is 883.